The molecule has 3 rings (SSSR count). The Balaban J connectivity index is 2.14. The van der Waals surface area contributed by atoms with E-state index < -0.39 is 24.1 Å². The number of rotatable bonds is 1. The highest BCUT2D eigenvalue weighted by atomic mass is 19.4. The molecule has 1 aliphatic heterocycles. The predicted octanol–water partition coefficient (Wildman–Crippen LogP) is 3.47. The van der Waals surface area contributed by atoms with Gasteiger partial charge in [-0.05, 0) is 24.1 Å². The smallest absolute Gasteiger partial charge is 0.393 e. The summed E-state index contributed by atoms with van der Waals surface area (Å²) in [6.07, 6.45) is -4.80. The standard InChI is InChI=1S/C15H14F3NO2/c16-15(17,18)14-8-11(13-7-9(20)5-6-21-13)10-3-1-2-4-12(10)19-14/h1-4,8-9,13,20H,5-7H2. The van der Waals surface area contributed by atoms with Gasteiger partial charge in [-0.15, -0.1) is 0 Å². The highest BCUT2D eigenvalue weighted by Gasteiger charge is 2.35. The Morgan fingerprint density at radius 1 is 1.24 bits per heavy atom. The molecule has 1 saturated heterocycles. The third-order valence-corrected chi connectivity index (χ3v) is 3.64. The molecule has 1 aromatic carbocycles. The molecule has 0 radical (unpaired) electrons. The van der Waals surface area contributed by atoms with Crippen LogP contribution in [0.1, 0.15) is 30.2 Å². The number of hydrogen-bond donors (Lipinski definition) is 1. The molecule has 0 amide bonds. The van der Waals surface area contributed by atoms with E-state index in [0.29, 0.717) is 30.4 Å². The van der Waals surface area contributed by atoms with Crippen LogP contribution in [0.15, 0.2) is 30.3 Å². The number of ether oxygens (including phenoxy) is 1. The molecule has 0 bridgehead atoms. The number of nitrogens with zero attached hydrogens (tertiary/aromatic N) is 1. The summed E-state index contributed by atoms with van der Waals surface area (Å²) in [5.41, 5.74) is -0.211. The summed E-state index contributed by atoms with van der Waals surface area (Å²) in [5.74, 6) is 0. The first-order chi connectivity index (χ1) is 9.95. The Labute approximate surface area is 119 Å². The van der Waals surface area contributed by atoms with Gasteiger partial charge < -0.3 is 9.84 Å². The van der Waals surface area contributed by atoms with E-state index in [4.69, 9.17) is 4.74 Å². The number of aromatic nitrogens is 1. The molecule has 2 atom stereocenters. The minimum atomic E-state index is -4.51. The fourth-order valence-corrected chi connectivity index (χ4v) is 2.61. The number of alkyl halides is 3. The first-order valence-electron chi connectivity index (χ1n) is 6.71. The second-order valence-corrected chi connectivity index (χ2v) is 5.15. The zero-order valence-electron chi connectivity index (χ0n) is 11.1. The Hall–Kier alpha value is -1.66. The number of aliphatic hydroxyl groups excluding tert-OH is 1. The number of halogens is 3. The van der Waals surface area contributed by atoms with Crippen molar-refractivity contribution in [2.45, 2.75) is 31.2 Å². The topological polar surface area (TPSA) is 42.4 Å². The van der Waals surface area contributed by atoms with Gasteiger partial charge in [0.25, 0.3) is 0 Å². The van der Waals surface area contributed by atoms with Crippen molar-refractivity contribution >= 4 is 10.9 Å². The molecule has 3 nitrogen and oxygen atoms in total. The zero-order chi connectivity index (χ0) is 15.0. The van der Waals surface area contributed by atoms with Crippen molar-refractivity contribution in [3.05, 3.63) is 41.6 Å². The van der Waals surface area contributed by atoms with Crippen LogP contribution in [0.25, 0.3) is 10.9 Å². The maximum absolute atomic E-state index is 13.0. The van der Waals surface area contributed by atoms with Gasteiger partial charge in [0.15, 0.2) is 0 Å². The largest absolute Gasteiger partial charge is 0.433 e. The number of aliphatic hydroxyl groups is 1. The van der Waals surface area contributed by atoms with E-state index in [2.05, 4.69) is 4.98 Å². The first-order valence-corrected chi connectivity index (χ1v) is 6.71. The second kappa shape index (κ2) is 5.27. The fourth-order valence-electron chi connectivity index (χ4n) is 2.61. The number of pyridine rings is 1. The molecule has 2 unspecified atom stereocenters. The minimum absolute atomic E-state index is 0.283. The van der Waals surface area contributed by atoms with E-state index >= 15 is 0 Å². The third-order valence-electron chi connectivity index (χ3n) is 3.64. The monoisotopic (exact) mass is 297 g/mol. The average Bonchev–Trinajstić information content (AvgIpc) is 2.45. The summed E-state index contributed by atoms with van der Waals surface area (Å²) >= 11 is 0. The van der Waals surface area contributed by atoms with Crippen molar-refractivity contribution in [3.8, 4) is 0 Å². The Morgan fingerprint density at radius 3 is 2.71 bits per heavy atom. The van der Waals surface area contributed by atoms with Crippen molar-refractivity contribution in [2.24, 2.45) is 0 Å². The number of benzene rings is 1. The van der Waals surface area contributed by atoms with Crippen LogP contribution in [0.4, 0.5) is 13.2 Å². The van der Waals surface area contributed by atoms with Crippen molar-refractivity contribution in [1.29, 1.82) is 0 Å². The Kier molecular flexibility index (Phi) is 3.59. The van der Waals surface area contributed by atoms with Crippen LogP contribution in [-0.4, -0.2) is 22.8 Å². The van der Waals surface area contributed by atoms with Gasteiger partial charge in [-0.25, -0.2) is 4.98 Å². The van der Waals surface area contributed by atoms with Crippen LogP contribution >= 0.6 is 0 Å². The quantitative estimate of drug-likeness (QED) is 0.876. The molecule has 0 spiro atoms. The van der Waals surface area contributed by atoms with Crippen molar-refractivity contribution < 1.29 is 23.0 Å². The van der Waals surface area contributed by atoms with Crippen LogP contribution < -0.4 is 0 Å². The molecular formula is C15H14F3NO2. The van der Waals surface area contributed by atoms with Crippen molar-refractivity contribution in [3.63, 3.8) is 0 Å². The molecule has 21 heavy (non-hydrogen) atoms. The highest BCUT2D eigenvalue weighted by Crippen LogP contribution is 2.36. The van der Waals surface area contributed by atoms with Crippen LogP contribution in [0.5, 0.6) is 0 Å². The molecule has 2 heterocycles. The second-order valence-electron chi connectivity index (χ2n) is 5.15. The summed E-state index contributed by atoms with van der Waals surface area (Å²) < 4.78 is 44.5. The molecule has 1 N–H and O–H groups in total. The van der Waals surface area contributed by atoms with Crippen molar-refractivity contribution in [2.75, 3.05) is 6.61 Å². The van der Waals surface area contributed by atoms with Crippen LogP contribution in [0.3, 0.4) is 0 Å². The minimum Gasteiger partial charge on any atom is -0.393 e. The van der Waals surface area contributed by atoms with E-state index in [1.807, 2.05) is 0 Å². The van der Waals surface area contributed by atoms with Crippen LogP contribution in [-0.2, 0) is 10.9 Å². The summed E-state index contributed by atoms with van der Waals surface area (Å²) in [6.45, 7) is 0.337. The van der Waals surface area contributed by atoms with Crippen LogP contribution in [0, 0.1) is 0 Å². The summed E-state index contributed by atoms with van der Waals surface area (Å²) in [6, 6.07) is 7.70. The normalized spacial score (nSPS) is 23.4. The van der Waals surface area contributed by atoms with Crippen LogP contribution in [0.2, 0.25) is 0 Å². The Bertz CT molecular complexity index is 657. The zero-order valence-corrected chi connectivity index (χ0v) is 11.1. The lowest BCUT2D eigenvalue weighted by molar-refractivity contribution is -0.141. The van der Waals surface area contributed by atoms with Gasteiger partial charge in [0, 0.05) is 18.4 Å². The maximum Gasteiger partial charge on any atom is 0.433 e. The molecule has 1 fully saturated rings. The van der Waals surface area contributed by atoms with E-state index in [0.717, 1.165) is 6.07 Å². The van der Waals surface area contributed by atoms with Gasteiger partial charge in [-0.1, -0.05) is 18.2 Å². The van der Waals surface area contributed by atoms with Crippen molar-refractivity contribution in [1.82, 2.24) is 4.98 Å². The van der Waals surface area contributed by atoms with Gasteiger partial charge in [-0.2, -0.15) is 13.2 Å². The summed E-state index contributed by atoms with van der Waals surface area (Å²) in [5, 5.41) is 10.4. The lowest BCUT2D eigenvalue weighted by atomic mass is 9.95. The Morgan fingerprint density at radius 2 is 2.00 bits per heavy atom. The van der Waals surface area contributed by atoms with Gasteiger partial charge in [-0.3, -0.25) is 0 Å². The van der Waals surface area contributed by atoms with E-state index in [1.165, 1.54) is 0 Å². The highest BCUT2D eigenvalue weighted by molar-refractivity contribution is 5.82. The van der Waals surface area contributed by atoms with Gasteiger partial charge >= 0.3 is 6.18 Å². The molecule has 112 valence electrons. The summed E-state index contributed by atoms with van der Waals surface area (Å²) in [7, 11) is 0. The number of hydrogen-bond acceptors (Lipinski definition) is 3. The van der Waals surface area contributed by atoms with Gasteiger partial charge in [0.05, 0.1) is 17.7 Å². The lowest BCUT2D eigenvalue weighted by Gasteiger charge is -2.28. The maximum atomic E-state index is 13.0. The molecule has 2 aromatic rings. The molecule has 6 heteroatoms. The molecule has 0 aliphatic carbocycles. The van der Waals surface area contributed by atoms with E-state index in [1.54, 1.807) is 24.3 Å². The van der Waals surface area contributed by atoms with Gasteiger partial charge in [0.2, 0.25) is 0 Å². The van der Waals surface area contributed by atoms with E-state index in [-0.39, 0.29) is 5.52 Å². The third kappa shape index (κ3) is 2.87. The predicted molar refractivity (Wildman–Crippen MR) is 70.7 cm³/mol. The van der Waals surface area contributed by atoms with Gasteiger partial charge in [0.1, 0.15) is 5.69 Å². The first kappa shape index (κ1) is 14.3. The summed E-state index contributed by atoms with van der Waals surface area (Å²) in [4.78, 5) is 3.68. The lowest BCUT2D eigenvalue weighted by Crippen LogP contribution is -2.24. The molecular weight excluding hydrogens is 283 g/mol. The number of para-hydroxylation sites is 1. The average molecular weight is 297 g/mol. The number of fused-ring (bicyclic) bond motifs is 1. The molecule has 1 aromatic heterocycles. The molecule has 0 saturated carbocycles. The SMILES string of the molecule is OC1CCOC(c2cc(C(F)(F)F)nc3ccccc23)C1. The van der Waals surface area contributed by atoms with E-state index in [9.17, 15) is 18.3 Å². The fraction of sp³-hybridized carbons (Fsp3) is 0.400. The molecule has 1 aliphatic rings.